The van der Waals surface area contributed by atoms with E-state index in [1.165, 1.54) is 10.5 Å². The van der Waals surface area contributed by atoms with Crippen molar-refractivity contribution in [3.05, 3.63) is 42.0 Å². The highest BCUT2D eigenvalue weighted by molar-refractivity contribution is 5.83. The summed E-state index contributed by atoms with van der Waals surface area (Å²) in [5.74, 6) is 0.282. The van der Waals surface area contributed by atoms with Crippen LogP contribution < -0.4 is 0 Å². The third-order valence-corrected chi connectivity index (χ3v) is 5.56. The van der Waals surface area contributed by atoms with Gasteiger partial charge in [-0.25, -0.2) is 4.79 Å². The predicted molar refractivity (Wildman–Crippen MR) is 105 cm³/mol. The summed E-state index contributed by atoms with van der Waals surface area (Å²) in [5, 5.41) is 0. The minimum Gasteiger partial charge on any atom is -0.448 e. The van der Waals surface area contributed by atoms with Crippen molar-refractivity contribution in [1.82, 2.24) is 14.7 Å². The van der Waals surface area contributed by atoms with Gasteiger partial charge in [0.2, 0.25) is 5.91 Å². The Morgan fingerprint density at radius 2 is 2.00 bits per heavy atom. The van der Waals surface area contributed by atoms with Gasteiger partial charge in [-0.3, -0.25) is 14.6 Å². The first-order valence-electron chi connectivity index (χ1n) is 9.92. The highest BCUT2D eigenvalue weighted by Crippen LogP contribution is 2.20. The minimum absolute atomic E-state index is 0.00238. The standard InChI is InChI=1S/C21H27N3O4/c25-20(14-23-9-10-28-21(23)26)24-12-18-11-22(19(13-24)16-27-15-18)8-4-7-17-5-2-1-3-6-17/h1-7,18-19H,8-16H2/t18-,19+/m1/s1. The Bertz CT molecular complexity index is 724. The molecule has 3 heterocycles. The van der Waals surface area contributed by atoms with Gasteiger partial charge in [0.05, 0.1) is 25.8 Å². The summed E-state index contributed by atoms with van der Waals surface area (Å²) in [6.07, 6.45) is 3.93. The number of carbonyl (C=O) groups excluding carboxylic acids is 2. The van der Waals surface area contributed by atoms with Gasteiger partial charge >= 0.3 is 6.09 Å². The summed E-state index contributed by atoms with van der Waals surface area (Å²) < 4.78 is 10.8. The van der Waals surface area contributed by atoms with E-state index in [1.807, 2.05) is 23.1 Å². The van der Waals surface area contributed by atoms with E-state index in [4.69, 9.17) is 9.47 Å². The second kappa shape index (κ2) is 8.75. The van der Waals surface area contributed by atoms with Crippen molar-refractivity contribution in [3.8, 4) is 0 Å². The van der Waals surface area contributed by atoms with Crippen LogP contribution in [0, 0.1) is 5.92 Å². The number of hydrogen-bond acceptors (Lipinski definition) is 5. The molecular weight excluding hydrogens is 358 g/mol. The van der Waals surface area contributed by atoms with E-state index in [0.29, 0.717) is 39.5 Å². The lowest BCUT2D eigenvalue weighted by atomic mass is 10.1. The van der Waals surface area contributed by atoms with Crippen LogP contribution in [0.3, 0.4) is 0 Å². The first kappa shape index (κ1) is 19.0. The van der Waals surface area contributed by atoms with E-state index >= 15 is 0 Å². The first-order valence-corrected chi connectivity index (χ1v) is 9.92. The molecule has 0 aliphatic carbocycles. The molecule has 0 N–H and O–H groups in total. The molecule has 1 aromatic rings. The Labute approximate surface area is 165 Å². The van der Waals surface area contributed by atoms with E-state index in [0.717, 1.165) is 13.1 Å². The molecular formula is C21H27N3O4. The summed E-state index contributed by atoms with van der Waals surface area (Å²) in [6, 6.07) is 10.4. The number of amides is 2. The Morgan fingerprint density at radius 3 is 2.79 bits per heavy atom. The lowest BCUT2D eigenvalue weighted by Crippen LogP contribution is -2.48. The number of hydrogen-bond donors (Lipinski definition) is 0. The maximum Gasteiger partial charge on any atom is 0.410 e. The van der Waals surface area contributed by atoms with Crippen LogP contribution in [0.5, 0.6) is 0 Å². The molecule has 1 aromatic carbocycles. The van der Waals surface area contributed by atoms with E-state index in [9.17, 15) is 9.59 Å². The topological polar surface area (TPSA) is 62.3 Å². The molecule has 7 heteroatoms. The zero-order valence-electron chi connectivity index (χ0n) is 16.0. The van der Waals surface area contributed by atoms with Gasteiger partial charge in [-0.05, 0) is 5.56 Å². The van der Waals surface area contributed by atoms with Crippen LogP contribution in [-0.4, -0.2) is 91.8 Å². The second-order valence-corrected chi connectivity index (χ2v) is 7.66. The fraction of sp³-hybridized carbons (Fsp3) is 0.524. The van der Waals surface area contributed by atoms with Gasteiger partial charge in [0, 0.05) is 32.1 Å². The van der Waals surface area contributed by atoms with E-state index < -0.39 is 0 Å². The summed E-state index contributed by atoms with van der Waals surface area (Å²) >= 11 is 0. The first-order chi connectivity index (χ1) is 13.7. The third-order valence-electron chi connectivity index (χ3n) is 5.56. The van der Waals surface area contributed by atoms with Gasteiger partial charge in [0.25, 0.3) is 0 Å². The molecule has 7 nitrogen and oxygen atoms in total. The smallest absolute Gasteiger partial charge is 0.410 e. The maximum absolute atomic E-state index is 12.8. The van der Waals surface area contributed by atoms with Crippen LogP contribution in [0.1, 0.15) is 5.56 Å². The van der Waals surface area contributed by atoms with Gasteiger partial charge in [0.15, 0.2) is 0 Å². The molecule has 0 saturated carbocycles. The van der Waals surface area contributed by atoms with Crippen LogP contribution in [0.2, 0.25) is 0 Å². The van der Waals surface area contributed by atoms with Crippen LogP contribution >= 0.6 is 0 Å². The Morgan fingerprint density at radius 1 is 1.14 bits per heavy atom. The molecule has 4 rings (SSSR count). The van der Waals surface area contributed by atoms with Crippen molar-refractivity contribution in [1.29, 1.82) is 0 Å². The zero-order chi connectivity index (χ0) is 19.3. The molecule has 0 unspecified atom stereocenters. The molecule has 3 fully saturated rings. The molecule has 3 aliphatic rings. The monoisotopic (exact) mass is 385 g/mol. The number of carbonyl (C=O) groups is 2. The van der Waals surface area contributed by atoms with Crippen LogP contribution in [0.4, 0.5) is 4.79 Å². The summed E-state index contributed by atoms with van der Waals surface area (Å²) in [6.45, 7) is 5.33. The highest BCUT2D eigenvalue weighted by atomic mass is 16.6. The van der Waals surface area contributed by atoms with Gasteiger partial charge in [-0.1, -0.05) is 42.5 Å². The second-order valence-electron chi connectivity index (χ2n) is 7.66. The predicted octanol–water partition coefficient (Wildman–Crippen LogP) is 1.31. The Hall–Kier alpha value is -2.38. The molecule has 2 amide bonds. The van der Waals surface area contributed by atoms with Crippen molar-refractivity contribution < 1.29 is 19.1 Å². The van der Waals surface area contributed by atoms with Crippen LogP contribution in [0.25, 0.3) is 6.08 Å². The molecule has 0 aromatic heterocycles. The lowest BCUT2D eigenvalue weighted by molar-refractivity contribution is -0.133. The number of nitrogens with zero attached hydrogens (tertiary/aromatic N) is 3. The average Bonchev–Trinajstić information content (AvgIpc) is 2.89. The van der Waals surface area contributed by atoms with Crippen molar-refractivity contribution in [2.24, 2.45) is 5.92 Å². The average molecular weight is 385 g/mol. The van der Waals surface area contributed by atoms with Crippen molar-refractivity contribution in [3.63, 3.8) is 0 Å². The number of ether oxygens (including phenoxy) is 2. The SMILES string of the molecule is O=C(CN1CCOC1=O)N1C[C@@H]2COC[C@H](C1)N(CC=Cc1ccccc1)C2. The van der Waals surface area contributed by atoms with E-state index in [2.05, 4.69) is 29.2 Å². The van der Waals surface area contributed by atoms with Crippen molar-refractivity contribution in [2.75, 3.05) is 59.1 Å². The van der Waals surface area contributed by atoms with Crippen LogP contribution in [-0.2, 0) is 14.3 Å². The largest absolute Gasteiger partial charge is 0.448 e. The van der Waals surface area contributed by atoms with Gasteiger partial charge in [-0.2, -0.15) is 0 Å². The normalized spacial score (nSPS) is 25.8. The van der Waals surface area contributed by atoms with Crippen LogP contribution in [0.15, 0.2) is 36.4 Å². The summed E-state index contributed by atoms with van der Waals surface area (Å²) in [7, 11) is 0. The third kappa shape index (κ3) is 4.54. The van der Waals surface area contributed by atoms with Gasteiger partial charge in [0.1, 0.15) is 13.2 Å². The Kier molecular flexibility index (Phi) is 5.92. The fourth-order valence-electron chi connectivity index (χ4n) is 4.08. The van der Waals surface area contributed by atoms with Gasteiger partial charge < -0.3 is 14.4 Å². The molecule has 3 aliphatic heterocycles. The molecule has 3 saturated heterocycles. The van der Waals surface area contributed by atoms with Crippen molar-refractivity contribution >= 4 is 18.1 Å². The quantitative estimate of drug-likeness (QED) is 0.765. The van der Waals surface area contributed by atoms with Crippen molar-refractivity contribution in [2.45, 2.75) is 6.04 Å². The molecule has 0 radical (unpaired) electrons. The Balaban J connectivity index is 1.38. The summed E-state index contributed by atoms with van der Waals surface area (Å²) in [4.78, 5) is 30.2. The molecule has 2 bridgehead atoms. The van der Waals surface area contributed by atoms with E-state index in [1.54, 1.807) is 0 Å². The molecule has 28 heavy (non-hydrogen) atoms. The number of benzene rings is 1. The fourth-order valence-corrected chi connectivity index (χ4v) is 4.08. The highest BCUT2D eigenvalue weighted by Gasteiger charge is 2.35. The lowest BCUT2D eigenvalue weighted by Gasteiger charge is -2.31. The summed E-state index contributed by atoms with van der Waals surface area (Å²) in [5.41, 5.74) is 1.19. The number of fused-ring (bicyclic) bond motifs is 3. The molecule has 0 spiro atoms. The minimum atomic E-state index is -0.389. The van der Waals surface area contributed by atoms with Gasteiger partial charge in [-0.15, -0.1) is 0 Å². The molecule has 2 atom stereocenters. The number of rotatable bonds is 5. The van der Waals surface area contributed by atoms with E-state index in [-0.39, 0.29) is 30.5 Å². The zero-order valence-corrected chi connectivity index (χ0v) is 16.0. The molecule has 150 valence electrons. The maximum atomic E-state index is 12.8. The number of cyclic esters (lactones) is 1.